The molecule has 0 spiro atoms. The SMILES string of the molecule is C=C(C)C(=O)OC(O)CCC1CC=C(CO)C(O)C1. The highest BCUT2D eigenvalue weighted by molar-refractivity contribution is 5.86. The average Bonchev–Trinajstić information content (AvgIpc) is 2.36. The zero-order valence-electron chi connectivity index (χ0n) is 11.2. The Morgan fingerprint density at radius 3 is 2.84 bits per heavy atom. The van der Waals surface area contributed by atoms with E-state index in [0.717, 1.165) is 6.42 Å². The molecule has 1 rings (SSSR count). The Hall–Kier alpha value is -1.17. The largest absolute Gasteiger partial charge is 0.433 e. The second-order valence-electron chi connectivity index (χ2n) is 5.01. The van der Waals surface area contributed by atoms with Gasteiger partial charge in [0.1, 0.15) is 0 Å². The van der Waals surface area contributed by atoms with Gasteiger partial charge in [0.05, 0.1) is 12.7 Å². The van der Waals surface area contributed by atoms with Crippen LogP contribution in [0.5, 0.6) is 0 Å². The summed E-state index contributed by atoms with van der Waals surface area (Å²) in [5.41, 5.74) is 0.910. The Labute approximate surface area is 113 Å². The summed E-state index contributed by atoms with van der Waals surface area (Å²) in [6, 6.07) is 0. The number of carbonyl (C=O) groups is 1. The molecule has 0 saturated heterocycles. The van der Waals surface area contributed by atoms with Gasteiger partial charge in [-0.25, -0.2) is 4.79 Å². The van der Waals surface area contributed by atoms with E-state index in [9.17, 15) is 15.0 Å². The van der Waals surface area contributed by atoms with Crippen LogP contribution in [0.4, 0.5) is 0 Å². The van der Waals surface area contributed by atoms with Crippen LogP contribution in [0.25, 0.3) is 0 Å². The number of aliphatic hydroxyl groups is 3. The fourth-order valence-corrected chi connectivity index (χ4v) is 2.08. The summed E-state index contributed by atoms with van der Waals surface area (Å²) >= 11 is 0. The Morgan fingerprint density at radius 2 is 2.32 bits per heavy atom. The first-order valence-corrected chi connectivity index (χ1v) is 6.46. The standard InChI is InChI=1S/C14H22O5/c1-9(2)14(18)19-13(17)6-4-10-3-5-11(8-15)12(16)7-10/h5,10,12-13,15-17H,1,3-4,6-8H2,2H3. The van der Waals surface area contributed by atoms with E-state index in [1.807, 2.05) is 6.08 Å². The number of aliphatic hydroxyl groups excluding tert-OH is 3. The fraction of sp³-hybridized carbons (Fsp3) is 0.643. The molecule has 0 saturated carbocycles. The molecule has 0 bridgehead atoms. The zero-order chi connectivity index (χ0) is 14.4. The Morgan fingerprint density at radius 1 is 1.63 bits per heavy atom. The minimum atomic E-state index is -1.13. The van der Waals surface area contributed by atoms with E-state index >= 15 is 0 Å². The topological polar surface area (TPSA) is 87.0 Å². The molecule has 5 heteroatoms. The summed E-state index contributed by atoms with van der Waals surface area (Å²) in [5.74, 6) is -0.373. The first-order chi connectivity index (χ1) is 8.93. The van der Waals surface area contributed by atoms with E-state index < -0.39 is 18.4 Å². The molecule has 0 amide bonds. The third-order valence-corrected chi connectivity index (χ3v) is 3.29. The van der Waals surface area contributed by atoms with Gasteiger partial charge in [-0.2, -0.15) is 0 Å². The molecule has 19 heavy (non-hydrogen) atoms. The minimum absolute atomic E-state index is 0.118. The molecule has 108 valence electrons. The third kappa shape index (κ3) is 5.14. The lowest BCUT2D eigenvalue weighted by Crippen LogP contribution is -2.24. The number of hydrogen-bond acceptors (Lipinski definition) is 5. The number of allylic oxidation sites excluding steroid dienone is 1. The van der Waals surface area contributed by atoms with E-state index in [2.05, 4.69) is 6.58 Å². The van der Waals surface area contributed by atoms with E-state index in [1.54, 1.807) is 0 Å². The maximum Gasteiger partial charge on any atom is 0.335 e. The molecular formula is C14H22O5. The molecule has 1 aliphatic rings. The molecule has 0 aromatic rings. The number of rotatable bonds is 6. The van der Waals surface area contributed by atoms with Gasteiger partial charge in [0.15, 0.2) is 0 Å². The number of ether oxygens (including phenoxy) is 1. The molecule has 3 atom stereocenters. The van der Waals surface area contributed by atoms with Crippen LogP contribution in [0.15, 0.2) is 23.8 Å². The van der Waals surface area contributed by atoms with Crippen molar-refractivity contribution < 1.29 is 24.9 Å². The number of hydrogen-bond donors (Lipinski definition) is 3. The van der Waals surface area contributed by atoms with Gasteiger partial charge in [-0.05, 0) is 37.7 Å². The Balaban J connectivity index is 2.32. The van der Waals surface area contributed by atoms with Crippen LogP contribution in [0.2, 0.25) is 0 Å². The van der Waals surface area contributed by atoms with Crippen molar-refractivity contribution in [2.45, 2.75) is 45.0 Å². The van der Waals surface area contributed by atoms with E-state index in [0.29, 0.717) is 24.8 Å². The van der Waals surface area contributed by atoms with Gasteiger partial charge in [0.2, 0.25) is 6.29 Å². The second kappa shape index (κ2) is 7.43. The highest BCUT2D eigenvalue weighted by Gasteiger charge is 2.23. The minimum Gasteiger partial charge on any atom is -0.433 e. The molecule has 3 N–H and O–H groups in total. The molecule has 3 unspecified atom stereocenters. The molecule has 0 aliphatic heterocycles. The van der Waals surface area contributed by atoms with Crippen LogP contribution < -0.4 is 0 Å². The van der Waals surface area contributed by atoms with Gasteiger partial charge < -0.3 is 20.1 Å². The maximum absolute atomic E-state index is 11.2. The normalized spacial score (nSPS) is 24.5. The second-order valence-corrected chi connectivity index (χ2v) is 5.01. The van der Waals surface area contributed by atoms with Crippen LogP contribution in [0.3, 0.4) is 0 Å². The summed E-state index contributed by atoms with van der Waals surface area (Å²) in [5, 5.41) is 28.3. The molecule has 1 aliphatic carbocycles. The molecule has 0 radical (unpaired) electrons. The van der Waals surface area contributed by atoms with Crippen molar-refractivity contribution in [1.82, 2.24) is 0 Å². The lowest BCUT2D eigenvalue weighted by atomic mass is 9.85. The predicted octanol–water partition coefficient (Wildman–Crippen LogP) is 0.894. The first-order valence-electron chi connectivity index (χ1n) is 6.46. The molecule has 0 aromatic heterocycles. The highest BCUT2D eigenvalue weighted by Crippen LogP contribution is 2.27. The van der Waals surface area contributed by atoms with Gasteiger partial charge in [0, 0.05) is 12.0 Å². The lowest BCUT2D eigenvalue weighted by molar-refractivity contribution is -0.164. The summed E-state index contributed by atoms with van der Waals surface area (Å²) in [4.78, 5) is 11.2. The van der Waals surface area contributed by atoms with Gasteiger partial charge in [-0.1, -0.05) is 12.7 Å². The van der Waals surface area contributed by atoms with Crippen LogP contribution in [-0.4, -0.2) is 40.3 Å². The maximum atomic E-state index is 11.2. The van der Waals surface area contributed by atoms with Crippen LogP contribution in [0.1, 0.15) is 32.6 Å². The van der Waals surface area contributed by atoms with Crippen LogP contribution in [0, 0.1) is 5.92 Å². The first kappa shape index (κ1) is 15.9. The summed E-state index contributed by atoms with van der Waals surface area (Å²) < 4.78 is 4.77. The van der Waals surface area contributed by atoms with E-state index in [1.165, 1.54) is 6.92 Å². The molecular weight excluding hydrogens is 248 g/mol. The van der Waals surface area contributed by atoms with E-state index in [4.69, 9.17) is 9.84 Å². The smallest absolute Gasteiger partial charge is 0.335 e. The fourth-order valence-electron chi connectivity index (χ4n) is 2.08. The molecule has 0 fully saturated rings. The summed E-state index contributed by atoms with van der Waals surface area (Å²) in [6.45, 7) is 4.84. The van der Waals surface area contributed by atoms with Gasteiger partial charge in [-0.15, -0.1) is 0 Å². The molecule has 0 heterocycles. The zero-order valence-corrected chi connectivity index (χ0v) is 11.2. The van der Waals surface area contributed by atoms with Gasteiger partial charge in [-0.3, -0.25) is 0 Å². The van der Waals surface area contributed by atoms with Gasteiger partial charge >= 0.3 is 5.97 Å². The van der Waals surface area contributed by atoms with Crippen molar-refractivity contribution in [3.8, 4) is 0 Å². The molecule has 5 nitrogen and oxygen atoms in total. The summed E-state index contributed by atoms with van der Waals surface area (Å²) in [6.07, 6.45) is 2.39. The van der Waals surface area contributed by atoms with Crippen molar-refractivity contribution in [1.29, 1.82) is 0 Å². The monoisotopic (exact) mass is 270 g/mol. The Bertz CT molecular complexity index is 361. The highest BCUT2D eigenvalue weighted by atomic mass is 16.6. The summed E-state index contributed by atoms with van der Waals surface area (Å²) in [7, 11) is 0. The molecule has 0 aromatic carbocycles. The third-order valence-electron chi connectivity index (χ3n) is 3.29. The predicted molar refractivity (Wildman–Crippen MR) is 70.0 cm³/mol. The quantitative estimate of drug-likeness (QED) is 0.289. The van der Waals surface area contributed by atoms with Crippen molar-refractivity contribution in [2.75, 3.05) is 6.61 Å². The van der Waals surface area contributed by atoms with Crippen molar-refractivity contribution in [3.63, 3.8) is 0 Å². The number of carbonyl (C=O) groups excluding carboxylic acids is 1. The Kier molecular flexibility index (Phi) is 6.21. The van der Waals surface area contributed by atoms with Crippen molar-refractivity contribution in [3.05, 3.63) is 23.8 Å². The number of esters is 1. The lowest BCUT2D eigenvalue weighted by Gasteiger charge is -2.26. The van der Waals surface area contributed by atoms with Gasteiger partial charge in [0.25, 0.3) is 0 Å². The van der Waals surface area contributed by atoms with E-state index in [-0.39, 0.29) is 18.1 Å². The van der Waals surface area contributed by atoms with Crippen molar-refractivity contribution >= 4 is 5.97 Å². The van der Waals surface area contributed by atoms with Crippen LogP contribution >= 0.6 is 0 Å². The van der Waals surface area contributed by atoms with Crippen LogP contribution in [-0.2, 0) is 9.53 Å². The average molecular weight is 270 g/mol. The van der Waals surface area contributed by atoms with Crippen molar-refractivity contribution in [2.24, 2.45) is 5.92 Å².